The Morgan fingerprint density at radius 1 is 1.33 bits per heavy atom. The zero-order chi connectivity index (χ0) is 13.0. The highest BCUT2D eigenvalue weighted by atomic mass is 79.9. The van der Waals surface area contributed by atoms with Crippen molar-refractivity contribution in [3.8, 4) is 0 Å². The molecule has 0 spiro atoms. The van der Waals surface area contributed by atoms with E-state index in [0.29, 0.717) is 5.75 Å². The molecule has 0 saturated heterocycles. The molecule has 2 rings (SSSR count). The van der Waals surface area contributed by atoms with Gasteiger partial charge >= 0.3 is 5.91 Å². The molecule has 0 saturated carbocycles. The summed E-state index contributed by atoms with van der Waals surface area (Å²) >= 11 is 5.11. The van der Waals surface area contributed by atoms with Crippen LogP contribution in [0.3, 0.4) is 0 Å². The summed E-state index contributed by atoms with van der Waals surface area (Å²) in [5.41, 5.74) is 2.03. The van der Waals surface area contributed by atoms with Crippen LogP contribution in [0.5, 0.6) is 0 Å². The molecule has 1 heterocycles. The van der Waals surface area contributed by atoms with Crippen LogP contribution in [0.25, 0.3) is 0 Å². The summed E-state index contributed by atoms with van der Waals surface area (Å²) in [6.45, 7) is 0. The fourth-order valence-electron chi connectivity index (χ4n) is 1.36. The first kappa shape index (κ1) is 13.2. The molecule has 0 bridgehead atoms. The average molecular weight is 327 g/mol. The topological polar surface area (TPSA) is 68.3 Å². The van der Waals surface area contributed by atoms with Gasteiger partial charge in [-0.05, 0) is 40.2 Å². The minimum atomic E-state index is -0.424. The van der Waals surface area contributed by atoms with Gasteiger partial charge in [0.15, 0.2) is 5.76 Å². The third kappa shape index (κ3) is 3.16. The summed E-state index contributed by atoms with van der Waals surface area (Å²) in [4.78, 5) is 12.3. The van der Waals surface area contributed by atoms with E-state index in [9.17, 15) is 4.79 Å². The van der Waals surface area contributed by atoms with Gasteiger partial charge < -0.3 is 4.42 Å². The number of furan rings is 1. The number of amides is 1. The van der Waals surface area contributed by atoms with Crippen molar-refractivity contribution in [2.24, 2.45) is 5.84 Å². The Kier molecular flexibility index (Phi) is 4.46. The average Bonchev–Trinajstić information content (AvgIpc) is 2.86. The molecule has 2 aromatic rings. The smallest absolute Gasteiger partial charge is 0.300 e. The molecule has 0 aliphatic rings. The molecule has 1 amide bonds. The molecule has 1 aromatic carbocycles. The molecule has 1 aromatic heterocycles. The van der Waals surface area contributed by atoms with Gasteiger partial charge in [-0.15, -0.1) is 11.8 Å². The van der Waals surface area contributed by atoms with Crippen LogP contribution in [0, 0.1) is 0 Å². The van der Waals surface area contributed by atoms with Crippen LogP contribution in [0.15, 0.2) is 50.2 Å². The van der Waals surface area contributed by atoms with Gasteiger partial charge in [0.1, 0.15) is 5.76 Å². The van der Waals surface area contributed by atoms with Gasteiger partial charge in [-0.3, -0.25) is 10.2 Å². The number of carbonyl (C=O) groups is 1. The van der Waals surface area contributed by atoms with Gasteiger partial charge in [0.05, 0.1) is 5.75 Å². The van der Waals surface area contributed by atoms with Crippen LogP contribution in [0.2, 0.25) is 0 Å². The highest BCUT2D eigenvalue weighted by Gasteiger charge is 2.10. The SMILES string of the molecule is NNC(=O)c1ccc(CSc2ccccc2Br)o1. The highest BCUT2D eigenvalue weighted by molar-refractivity contribution is 9.10. The van der Waals surface area contributed by atoms with Gasteiger partial charge in [0.25, 0.3) is 0 Å². The minimum absolute atomic E-state index is 0.222. The normalized spacial score (nSPS) is 10.3. The van der Waals surface area contributed by atoms with Crippen LogP contribution < -0.4 is 11.3 Å². The first-order chi connectivity index (χ1) is 8.70. The molecule has 3 N–H and O–H groups in total. The van der Waals surface area contributed by atoms with Gasteiger partial charge in [0.2, 0.25) is 0 Å². The van der Waals surface area contributed by atoms with Gasteiger partial charge in [-0.25, -0.2) is 5.84 Å². The van der Waals surface area contributed by atoms with Crippen LogP contribution in [-0.4, -0.2) is 5.91 Å². The third-order valence-corrected chi connectivity index (χ3v) is 4.27. The molecule has 0 fully saturated rings. The molecule has 6 heteroatoms. The maximum Gasteiger partial charge on any atom is 0.300 e. The number of benzene rings is 1. The van der Waals surface area contributed by atoms with Gasteiger partial charge in [-0.1, -0.05) is 12.1 Å². The van der Waals surface area contributed by atoms with E-state index in [0.717, 1.165) is 15.1 Å². The zero-order valence-corrected chi connectivity index (χ0v) is 11.8. The number of nitrogen functional groups attached to an aromatic ring is 1. The number of halogens is 1. The predicted octanol–water partition coefficient (Wildman–Crippen LogP) is 2.94. The monoisotopic (exact) mass is 326 g/mol. The van der Waals surface area contributed by atoms with Crippen LogP contribution >= 0.6 is 27.7 Å². The number of hydrazine groups is 1. The van der Waals surface area contributed by atoms with E-state index < -0.39 is 5.91 Å². The number of nitrogens with two attached hydrogens (primary N) is 1. The maximum atomic E-state index is 11.2. The number of carbonyl (C=O) groups excluding carboxylic acids is 1. The Balaban J connectivity index is 2.01. The second-order valence-corrected chi connectivity index (χ2v) is 5.33. The van der Waals surface area contributed by atoms with Crippen molar-refractivity contribution in [2.75, 3.05) is 0 Å². The highest BCUT2D eigenvalue weighted by Crippen LogP contribution is 2.30. The zero-order valence-electron chi connectivity index (χ0n) is 9.35. The molecule has 0 atom stereocenters. The molecule has 0 aliphatic carbocycles. The third-order valence-electron chi connectivity index (χ3n) is 2.22. The van der Waals surface area contributed by atoms with Crippen molar-refractivity contribution in [1.29, 1.82) is 0 Å². The van der Waals surface area contributed by atoms with Crippen molar-refractivity contribution in [3.63, 3.8) is 0 Å². The fraction of sp³-hybridized carbons (Fsp3) is 0.0833. The van der Waals surface area contributed by atoms with E-state index in [1.165, 1.54) is 0 Å². The van der Waals surface area contributed by atoms with Crippen LogP contribution in [0.4, 0.5) is 0 Å². The second kappa shape index (κ2) is 6.08. The molecule has 94 valence electrons. The Bertz CT molecular complexity index is 557. The quantitative estimate of drug-likeness (QED) is 0.392. The molecular weight excluding hydrogens is 316 g/mol. The van der Waals surface area contributed by atoms with Crippen molar-refractivity contribution in [2.45, 2.75) is 10.6 Å². The summed E-state index contributed by atoms with van der Waals surface area (Å²) in [5, 5.41) is 0. The number of thioether (sulfide) groups is 1. The van der Waals surface area contributed by atoms with Crippen molar-refractivity contribution >= 4 is 33.6 Å². The van der Waals surface area contributed by atoms with Crippen molar-refractivity contribution in [1.82, 2.24) is 5.43 Å². The molecule has 4 nitrogen and oxygen atoms in total. The number of nitrogens with one attached hydrogen (secondary N) is 1. The summed E-state index contributed by atoms with van der Waals surface area (Å²) in [7, 11) is 0. The lowest BCUT2D eigenvalue weighted by Gasteiger charge is -2.01. The van der Waals surface area contributed by atoms with Crippen molar-refractivity contribution in [3.05, 3.63) is 52.4 Å². The van der Waals surface area contributed by atoms with Crippen molar-refractivity contribution < 1.29 is 9.21 Å². The predicted molar refractivity (Wildman–Crippen MR) is 74.1 cm³/mol. The van der Waals surface area contributed by atoms with E-state index in [2.05, 4.69) is 15.9 Å². The Morgan fingerprint density at radius 3 is 2.83 bits per heavy atom. The summed E-state index contributed by atoms with van der Waals surface area (Å²) < 4.78 is 6.41. The Labute approximate surface area is 117 Å². The van der Waals surface area contributed by atoms with E-state index in [1.54, 1.807) is 23.9 Å². The maximum absolute atomic E-state index is 11.2. The first-order valence-electron chi connectivity index (χ1n) is 5.17. The van der Waals surface area contributed by atoms with Crippen LogP contribution in [-0.2, 0) is 5.75 Å². The Hall–Kier alpha value is -1.24. The lowest BCUT2D eigenvalue weighted by molar-refractivity contribution is 0.0924. The summed E-state index contributed by atoms with van der Waals surface area (Å²) in [5.74, 6) is 6.21. The fourth-order valence-corrected chi connectivity index (χ4v) is 2.82. The van der Waals surface area contributed by atoms with E-state index >= 15 is 0 Å². The molecule has 18 heavy (non-hydrogen) atoms. The van der Waals surface area contributed by atoms with E-state index in [-0.39, 0.29) is 5.76 Å². The van der Waals surface area contributed by atoms with E-state index in [4.69, 9.17) is 10.3 Å². The number of rotatable bonds is 4. The molecule has 0 aliphatic heterocycles. The van der Waals surface area contributed by atoms with Gasteiger partial charge in [-0.2, -0.15) is 0 Å². The second-order valence-electron chi connectivity index (χ2n) is 3.46. The largest absolute Gasteiger partial charge is 0.455 e. The number of hydrogen-bond acceptors (Lipinski definition) is 4. The molecular formula is C12H11BrN2O2S. The van der Waals surface area contributed by atoms with Gasteiger partial charge in [0, 0.05) is 9.37 Å². The number of hydrogen-bond donors (Lipinski definition) is 2. The molecule has 0 radical (unpaired) electrons. The lowest BCUT2D eigenvalue weighted by Crippen LogP contribution is -2.29. The van der Waals surface area contributed by atoms with E-state index in [1.807, 2.05) is 29.7 Å². The first-order valence-corrected chi connectivity index (χ1v) is 6.95. The molecule has 0 unspecified atom stereocenters. The standard InChI is InChI=1S/C12H11BrN2O2S/c13-9-3-1-2-4-11(9)18-7-8-5-6-10(17-8)12(16)15-14/h1-6H,7,14H2,(H,15,16). The summed E-state index contributed by atoms with van der Waals surface area (Å²) in [6, 6.07) is 11.3. The minimum Gasteiger partial charge on any atom is -0.455 e. The Morgan fingerprint density at radius 2 is 2.11 bits per heavy atom. The lowest BCUT2D eigenvalue weighted by atomic mass is 10.4. The summed E-state index contributed by atoms with van der Waals surface area (Å²) in [6.07, 6.45) is 0. The van der Waals surface area contributed by atoms with Crippen LogP contribution in [0.1, 0.15) is 16.3 Å².